The second-order valence-electron chi connectivity index (χ2n) is 4.13. The largest absolute Gasteiger partial charge is 0.363 e. The maximum atomic E-state index is 5.63. The average molecular weight is 155 g/mol. The third-order valence-corrected chi connectivity index (χ3v) is 3.08. The van der Waals surface area contributed by atoms with Crippen LogP contribution in [0.1, 0.15) is 20.3 Å². The summed E-state index contributed by atoms with van der Waals surface area (Å²) in [5, 5.41) is 3.38. The van der Waals surface area contributed by atoms with Gasteiger partial charge in [-0.15, -0.1) is 0 Å². The van der Waals surface area contributed by atoms with Crippen molar-refractivity contribution in [3.05, 3.63) is 0 Å². The summed E-state index contributed by atoms with van der Waals surface area (Å²) in [5.41, 5.74) is 0. The maximum Gasteiger partial charge on any atom is 0.108 e. The fourth-order valence-electron chi connectivity index (χ4n) is 2.28. The van der Waals surface area contributed by atoms with Gasteiger partial charge in [0.05, 0.1) is 6.61 Å². The van der Waals surface area contributed by atoms with Crippen molar-refractivity contribution in [2.75, 3.05) is 13.2 Å². The van der Waals surface area contributed by atoms with E-state index in [2.05, 4.69) is 19.2 Å². The lowest BCUT2D eigenvalue weighted by molar-refractivity contribution is -0.0313. The van der Waals surface area contributed by atoms with Gasteiger partial charge in [0.2, 0.25) is 0 Å². The van der Waals surface area contributed by atoms with Crippen LogP contribution in [-0.2, 0) is 4.74 Å². The quantitative estimate of drug-likeness (QED) is 0.615. The smallest absolute Gasteiger partial charge is 0.108 e. The van der Waals surface area contributed by atoms with Crippen molar-refractivity contribution in [1.82, 2.24) is 5.32 Å². The van der Waals surface area contributed by atoms with Crippen molar-refractivity contribution in [1.29, 1.82) is 0 Å². The molecule has 2 aliphatic heterocycles. The van der Waals surface area contributed by atoms with Gasteiger partial charge in [0.1, 0.15) is 6.23 Å². The summed E-state index contributed by atoms with van der Waals surface area (Å²) in [5.74, 6) is 2.45. The molecule has 64 valence electrons. The van der Waals surface area contributed by atoms with E-state index in [-0.39, 0.29) is 0 Å². The number of nitrogens with one attached hydrogen (secondary N) is 1. The fraction of sp³-hybridized carbons (Fsp3) is 1.00. The second-order valence-corrected chi connectivity index (χ2v) is 4.13. The Morgan fingerprint density at radius 3 is 3.00 bits per heavy atom. The molecule has 2 fully saturated rings. The lowest BCUT2D eigenvalue weighted by Crippen LogP contribution is -2.32. The first kappa shape index (κ1) is 7.56. The minimum absolute atomic E-state index is 0.384. The molecule has 2 bridgehead atoms. The van der Waals surface area contributed by atoms with Crippen molar-refractivity contribution in [2.24, 2.45) is 17.8 Å². The van der Waals surface area contributed by atoms with Gasteiger partial charge in [-0.3, -0.25) is 5.32 Å². The van der Waals surface area contributed by atoms with Crippen molar-refractivity contribution in [2.45, 2.75) is 26.5 Å². The second kappa shape index (κ2) is 2.76. The summed E-state index contributed by atoms with van der Waals surface area (Å²) in [4.78, 5) is 0. The van der Waals surface area contributed by atoms with Gasteiger partial charge in [0.15, 0.2) is 0 Å². The van der Waals surface area contributed by atoms with Crippen LogP contribution in [0.4, 0.5) is 0 Å². The zero-order valence-electron chi connectivity index (χ0n) is 7.34. The Balaban J connectivity index is 2.01. The third-order valence-electron chi connectivity index (χ3n) is 3.08. The highest BCUT2D eigenvalue weighted by Gasteiger charge is 2.37. The van der Waals surface area contributed by atoms with E-state index in [0.717, 1.165) is 24.4 Å². The number of ether oxygens (including phenoxy) is 1. The fourth-order valence-corrected chi connectivity index (χ4v) is 2.28. The Kier molecular flexibility index (Phi) is 1.90. The molecule has 2 heteroatoms. The summed E-state index contributed by atoms with van der Waals surface area (Å²) in [6.45, 7) is 6.74. The Hall–Kier alpha value is -0.0800. The first-order valence-electron chi connectivity index (χ1n) is 4.62. The first-order valence-corrected chi connectivity index (χ1v) is 4.62. The molecule has 11 heavy (non-hydrogen) atoms. The molecule has 2 aliphatic rings. The SMILES string of the molecule is CC(C)C1COC2CC1CN2. The minimum atomic E-state index is 0.384. The van der Waals surface area contributed by atoms with Crippen molar-refractivity contribution >= 4 is 0 Å². The van der Waals surface area contributed by atoms with E-state index in [0.29, 0.717) is 6.23 Å². The molecular weight excluding hydrogens is 138 g/mol. The number of hydrogen-bond donors (Lipinski definition) is 1. The molecule has 2 heterocycles. The van der Waals surface area contributed by atoms with Gasteiger partial charge in [0.25, 0.3) is 0 Å². The predicted octanol–water partition coefficient (Wildman–Crippen LogP) is 1.22. The molecule has 0 radical (unpaired) electrons. The molecule has 2 nitrogen and oxygen atoms in total. The Labute approximate surface area is 68.3 Å². The molecule has 0 aromatic carbocycles. The van der Waals surface area contributed by atoms with Gasteiger partial charge in [-0.1, -0.05) is 13.8 Å². The average Bonchev–Trinajstić information content (AvgIpc) is 2.32. The van der Waals surface area contributed by atoms with Gasteiger partial charge in [0, 0.05) is 6.54 Å². The van der Waals surface area contributed by atoms with Crippen molar-refractivity contribution in [3.63, 3.8) is 0 Å². The highest BCUT2D eigenvalue weighted by Crippen LogP contribution is 2.33. The molecular formula is C9H17NO. The van der Waals surface area contributed by atoms with Crippen LogP contribution in [0.25, 0.3) is 0 Å². The van der Waals surface area contributed by atoms with Gasteiger partial charge in [-0.25, -0.2) is 0 Å². The molecule has 1 N–H and O–H groups in total. The van der Waals surface area contributed by atoms with Crippen LogP contribution < -0.4 is 5.32 Å². The number of rotatable bonds is 1. The Morgan fingerprint density at radius 2 is 2.27 bits per heavy atom. The third kappa shape index (κ3) is 1.30. The maximum absolute atomic E-state index is 5.63. The van der Waals surface area contributed by atoms with Crippen LogP contribution in [0.2, 0.25) is 0 Å². The molecule has 0 aromatic heterocycles. The highest BCUT2D eigenvalue weighted by molar-refractivity contribution is 4.86. The summed E-state index contributed by atoms with van der Waals surface area (Å²) < 4.78 is 5.63. The molecule has 0 aliphatic carbocycles. The Bertz CT molecular complexity index is 146. The van der Waals surface area contributed by atoms with Crippen LogP contribution in [0.3, 0.4) is 0 Å². The highest BCUT2D eigenvalue weighted by atomic mass is 16.5. The lowest BCUT2D eigenvalue weighted by atomic mass is 9.82. The van der Waals surface area contributed by atoms with E-state index in [1.807, 2.05) is 0 Å². The van der Waals surface area contributed by atoms with Gasteiger partial charge in [-0.2, -0.15) is 0 Å². The molecule has 2 saturated heterocycles. The van der Waals surface area contributed by atoms with E-state index in [1.165, 1.54) is 13.0 Å². The van der Waals surface area contributed by atoms with Crippen LogP contribution in [-0.4, -0.2) is 19.4 Å². The zero-order valence-corrected chi connectivity index (χ0v) is 7.34. The van der Waals surface area contributed by atoms with E-state index in [1.54, 1.807) is 0 Å². The molecule has 0 spiro atoms. The molecule has 3 unspecified atom stereocenters. The summed E-state index contributed by atoms with van der Waals surface area (Å²) in [7, 11) is 0. The summed E-state index contributed by atoms with van der Waals surface area (Å²) in [6.07, 6.45) is 1.62. The van der Waals surface area contributed by atoms with Gasteiger partial charge >= 0.3 is 0 Å². The number of fused-ring (bicyclic) bond motifs is 2. The monoisotopic (exact) mass is 155 g/mol. The predicted molar refractivity (Wildman–Crippen MR) is 44.2 cm³/mol. The van der Waals surface area contributed by atoms with Crippen LogP contribution >= 0.6 is 0 Å². The molecule has 0 saturated carbocycles. The Morgan fingerprint density at radius 1 is 1.45 bits per heavy atom. The van der Waals surface area contributed by atoms with Crippen molar-refractivity contribution in [3.8, 4) is 0 Å². The van der Waals surface area contributed by atoms with E-state index >= 15 is 0 Å². The lowest BCUT2D eigenvalue weighted by Gasteiger charge is -2.30. The molecule has 0 amide bonds. The summed E-state index contributed by atoms with van der Waals surface area (Å²) in [6, 6.07) is 0. The van der Waals surface area contributed by atoms with Crippen molar-refractivity contribution < 1.29 is 4.74 Å². The topological polar surface area (TPSA) is 21.3 Å². The van der Waals surface area contributed by atoms with Gasteiger partial charge in [-0.05, 0) is 24.2 Å². The van der Waals surface area contributed by atoms with E-state index in [4.69, 9.17) is 4.74 Å². The zero-order chi connectivity index (χ0) is 7.84. The molecule has 2 rings (SSSR count). The normalized spacial score (nSPS) is 43.4. The minimum Gasteiger partial charge on any atom is -0.363 e. The van der Waals surface area contributed by atoms with Crippen LogP contribution in [0, 0.1) is 17.8 Å². The first-order chi connectivity index (χ1) is 5.27. The molecule has 3 atom stereocenters. The molecule has 0 aromatic rings. The van der Waals surface area contributed by atoms with E-state index < -0.39 is 0 Å². The standard InChI is InChI=1S/C9H17NO/c1-6(2)8-5-11-9-3-7(8)4-10-9/h6-10H,3-5H2,1-2H3. The van der Waals surface area contributed by atoms with E-state index in [9.17, 15) is 0 Å². The van der Waals surface area contributed by atoms with Crippen LogP contribution in [0.5, 0.6) is 0 Å². The van der Waals surface area contributed by atoms with Gasteiger partial charge < -0.3 is 4.74 Å². The number of hydrogen-bond acceptors (Lipinski definition) is 2. The van der Waals surface area contributed by atoms with Crippen LogP contribution in [0.15, 0.2) is 0 Å². The summed E-state index contributed by atoms with van der Waals surface area (Å²) >= 11 is 0.